The zero-order valence-corrected chi connectivity index (χ0v) is 13.4. The lowest BCUT2D eigenvalue weighted by Gasteiger charge is -2.25. The third kappa shape index (κ3) is 3.09. The van der Waals surface area contributed by atoms with Crippen molar-refractivity contribution < 1.29 is 24.2 Å². The molecule has 0 aromatic heterocycles. The lowest BCUT2D eigenvalue weighted by molar-refractivity contribution is -0.161. The van der Waals surface area contributed by atoms with E-state index in [1.807, 2.05) is 13.8 Å². The molecule has 0 aliphatic carbocycles. The standard InChI is InChI=1S/C15H24N2O5/c1-10(2)7-17-8-11(6-12(17)18)13(19)16-5-4-15(9-16,22-3)14(20)21/h10-11H,4-9H2,1-3H3,(H,20,21). The summed E-state index contributed by atoms with van der Waals surface area (Å²) >= 11 is 0. The maximum absolute atomic E-state index is 12.5. The Kier molecular flexibility index (Phi) is 4.75. The quantitative estimate of drug-likeness (QED) is 0.783. The molecule has 2 fully saturated rings. The second-order valence-electron chi connectivity index (χ2n) is 6.61. The van der Waals surface area contributed by atoms with Crippen LogP contribution in [0.2, 0.25) is 0 Å². The number of nitrogens with zero attached hydrogens (tertiary/aromatic N) is 2. The summed E-state index contributed by atoms with van der Waals surface area (Å²) in [6.07, 6.45) is 0.496. The number of hydrogen-bond donors (Lipinski definition) is 1. The van der Waals surface area contributed by atoms with E-state index in [1.54, 1.807) is 4.90 Å². The zero-order chi connectivity index (χ0) is 16.5. The van der Waals surface area contributed by atoms with Crippen molar-refractivity contribution in [1.82, 2.24) is 9.80 Å². The van der Waals surface area contributed by atoms with E-state index in [9.17, 15) is 19.5 Å². The number of aliphatic carboxylic acids is 1. The van der Waals surface area contributed by atoms with Gasteiger partial charge in [-0.3, -0.25) is 9.59 Å². The van der Waals surface area contributed by atoms with Crippen LogP contribution >= 0.6 is 0 Å². The summed E-state index contributed by atoms with van der Waals surface area (Å²) in [7, 11) is 1.35. The average Bonchev–Trinajstić information content (AvgIpc) is 3.03. The van der Waals surface area contributed by atoms with Gasteiger partial charge in [0.15, 0.2) is 5.60 Å². The fourth-order valence-electron chi connectivity index (χ4n) is 3.21. The Morgan fingerprint density at radius 3 is 2.64 bits per heavy atom. The first kappa shape index (κ1) is 16.7. The predicted molar refractivity (Wildman–Crippen MR) is 78.1 cm³/mol. The van der Waals surface area contributed by atoms with E-state index in [2.05, 4.69) is 0 Å². The molecule has 22 heavy (non-hydrogen) atoms. The Bertz CT molecular complexity index is 479. The van der Waals surface area contributed by atoms with Crippen molar-refractivity contribution in [2.24, 2.45) is 11.8 Å². The molecule has 2 aliphatic rings. The number of carboxylic acids is 1. The van der Waals surface area contributed by atoms with Crippen LogP contribution in [0, 0.1) is 11.8 Å². The van der Waals surface area contributed by atoms with Crippen molar-refractivity contribution in [3.8, 4) is 0 Å². The molecule has 0 radical (unpaired) electrons. The van der Waals surface area contributed by atoms with Gasteiger partial charge in [-0.2, -0.15) is 0 Å². The first-order valence-corrected chi connectivity index (χ1v) is 7.64. The van der Waals surface area contributed by atoms with Crippen molar-refractivity contribution in [2.75, 3.05) is 33.3 Å². The minimum Gasteiger partial charge on any atom is -0.479 e. The Morgan fingerprint density at radius 2 is 2.14 bits per heavy atom. The van der Waals surface area contributed by atoms with Crippen molar-refractivity contribution in [1.29, 1.82) is 0 Å². The Labute approximate surface area is 130 Å². The highest BCUT2D eigenvalue weighted by Crippen LogP contribution is 2.29. The van der Waals surface area contributed by atoms with Gasteiger partial charge in [0.05, 0.1) is 12.5 Å². The summed E-state index contributed by atoms with van der Waals surface area (Å²) in [4.78, 5) is 39.1. The van der Waals surface area contributed by atoms with Crippen LogP contribution < -0.4 is 0 Å². The minimum absolute atomic E-state index is 0.00230. The number of likely N-dealkylation sites (tertiary alicyclic amines) is 2. The number of amides is 2. The number of carbonyl (C=O) groups excluding carboxylic acids is 2. The first-order valence-electron chi connectivity index (χ1n) is 7.64. The Morgan fingerprint density at radius 1 is 1.45 bits per heavy atom. The van der Waals surface area contributed by atoms with Gasteiger partial charge in [-0.05, 0) is 5.92 Å². The van der Waals surface area contributed by atoms with Gasteiger partial charge < -0.3 is 19.6 Å². The van der Waals surface area contributed by atoms with Gasteiger partial charge in [-0.15, -0.1) is 0 Å². The van der Waals surface area contributed by atoms with Gasteiger partial charge in [0.2, 0.25) is 11.8 Å². The van der Waals surface area contributed by atoms with Crippen molar-refractivity contribution in [3.05, 3.63) is 0 Å². The molecule has 0 aromatic rings. The van der Waals surface area contributed by atoms with E-state index < -0.39 is 11.6 Å². The molecular weight excluding hydrogens is 288 g/mol. The summed E-state index contributed by atoms with van der Waals surface area (Å²) in [5.41, 5.74) is -1.31. The van der Waals surface area contributed by atoms with Crippen molar-refractivity contribution in [3.63, 3.8) is 0 Å². The maximum Gasteiger partial charge on any atom is 0.337 e. The van der Waals surface area contributed by atoms with Crippen LogP contribution in [0.25, 0.3) is 0 Å². The first-order chi connectivity index (χ1) is 10.3. The summed E-state index contributed by atoms with van der Waals surface area (Å²) in [6.45, 7) is 5.55. The molecule has 1 N–H and O–H groups in total. The molecule has 0 bridgehead atoms. The molecule has 7 heteroatoms. The van der Waals surface area contributed by atoms with Gasteiger partial charge in [-0.25, -0.2) is 4.79 Å². The molecule has 0 spiro atoms. The largest absolute Gasteiger partial charge is 0.479 e. The van der Waals surface area contributed by atoms with Gasteiger partial charge in [0, 0.05) is 39.6 Å². The highest BCUT2D eigenvalue weighted by molar-refractivity contribution is 5.90. The zero-order valence-electron chi connectivity index (χ0n) is 13.4. The van der Waals surface area contributed by atoms with Gasteiger partial charge in [0.25, 0.3) is 0 Å². The van der Waals surface area contributed by atoms with Crippen molar-refractivity contribution >= 4 is 17.8 Å². The smallest absolute Gasteiger partial charge is 0.337 e. The highest BCUT2D eigenvalue weighted by atomic mass is 16.5. The van der Waals surface area contributed by atoms with E-state index in [0.29, 0.717) is 25.6 Å². The van der Waals surface area contributed by atoms with E-state index in [-0.39, 0.29) is 37.1 Å². The third-order valence-corrected chi connectivity index (χ3v) is 4.47. The summed E-state index contributed by atoms with van der Waals surface area (Å²) in [5.74, 6) is -1.19. The second-order valence-corrected chi connectivity index (χ2v) is 6.61. The summed E-state index contributed by atoms with van der Waals surface area (Å²) in [6, 6.07) is 0. The van der Waals surface area contributed by atoms with Crippen LogP contribution in [0.15, 0.2) is 0 Å². The maximum atomic E-state index is 12.5. The molecule has 2 unspecified atom stereocenters. The average molecular weight is 312 g/mol. The van der Waals surface area contributed by atoms with Crippen LogP contribution in [-0.4, -0.2) is 71.6 Å². The molecule has 7 nitrogen and oxygen atoms in total. The normalized spacial score (nSPS) is 28.7. The molecule has 2 heterocycles. The fourth-order valence-corrected chi connectivity index (χ4v) is 3.21. The summed E-state index contributed by atoms with van der Waals surface area (Å²) < 4.78 is 5.13. The van der Waals surface area contributed by atoms with E-state index in [1.165, 1.54) is 12.0 Å². The van der Waals surface area contributed by atoms with Gasteiger partial charge >= 0.3 is 5.97 Å². The van der Waals surface area contributed by atoms with Gasteiger partial charge in [0.1, 0.15) is 0 Å². The SMILES string of the molecule is COC1(C(=O)O)CCN(C(=O)C2CC(=O)N(CC(C)C)C2)C1. The van der Waals surface area contributed by atoms with Crippen LogP contribution in [-0.2, 0) is 19.1 Å². The molecule has 2 amide bonds. The van der Waals surface area contributed by atoms with Crippen LogP contribution in [0.3, 0.4) is 0 Å². The highest BCUT2D eigenvalue weighted by Gasteiger charge is 2.48. The van der Waals surface area contributed by atoms with E-state index >= 15 is 0 Å². The molecule has 0 saturated carbocycles. The molecular formula is C15H24N2O5. The monoisotopic (exact) mass is 312 g/mol. The number of carboxylic acid groups (broad SMARTS) is 1. The van der Waals surface area contributed by atoms with Crippen molar-refractivity contribution in [2.45, 2.75) is 32.3 Å². The Balaban J connectivity index is 1.99. The lowest BCUT2D eigenvalue weighted by atomic mass is 10.0. The third-order valence-electron chi connectivity index (χ3n) is 4.47. The molecule has 0 aromatic carbocycles. The number of rotatable bonds is 5. The number of methoxy groups -OCH3 is 1. The second kappa shape index (κ2) is 6.24. The number of carbonyl (C=O) groups is 3. The summed E-state index contributed by atoms with van der Waals surface area (Å²) in [5, 5.41) is 9.29. The van der Waals surface area contributed by atoms with Crippen LogP contribution in [0.5, 0.6) is 0 Å². The lowest BCUT2D eigenvalue weighted by Crippen LogP contribution is -2.45. The molecule has 124 valence electrons. The van der Waals surface area contributed by atoms with E-state index in [0.717, 1.165) is 0 Å². The molecule has 2 aliphatic heterocycles. The molecule has 2 saturated heterocycles. The minimum atomic E-state index is -1.31. The predicted octanol–water partition coefficient (Wildman–Crippen LogP) is 0.193. The molecule has 2 atom stereocenters. The number of hydrogen-bond acceptors (Lipinski definition) is 4. The van der Waals surface area contributed by atoms with Crippen LogP contribution in [0.4, 0.5) is 0 Å². The fraction of sp³-hybridized carbons (Fsp3) is 0.800. The molecule has 2 rings (SSSR count). The van der Waals surface area contributed by atoms with Crippen LogP contribution in [0.1, 0.15) is 26.7 Å². The topological polar surface area (TPSA) is 87.1 Å². The van der Waals surface area contributed by atoms with E-state index in [4.69, 9.17) is 4.74 Å². The Hall–Kier alpha value is -1.63. The van der Waals surface area contributed by atoms with Gasteiger partial charge in [-0.1, -0.05) is 13.8 Å². The number of ether oxygens (including phenoxy) is 1.